The number of carbonyl (C=O) groups is 2. The summed E-state index contributed by atoms with van der Waals surface area (Å²) in [6, 6.07) is 13.0. The molecule has 0 amide bonds. The van der Waals surface area contributed by atoms with Crippen molar-refractivity contribution in [1.29, 1.82) is 0 Å². The van der Waals surface area contributed by atoms with Crippen molar-refractivity contribution in [3.63, 3.8) is 0 Å². The van der Waals surface area contributed by atoms with Gasteiger partial charge in [-0.05, 0) is 29.3 Å². The minimum Gasteiger partial charge on any atom is -0.478 e. The van der Waals surface area contributed by atoms with Crippen LogP contribution in [0.2, 0.25) is 0 Å². The zero-order valence-corrected chi connectivity index (χ0v) is 10.5. The largest absolute Gasteiger partial charge is 0.478 e. The average Bonchev–Trinajstić information content (AvgIpc) is 2.45. The first-order chi connectivity index (χ1) is 9.58. The molecule has 0 aliphatic rings. The Morgan fingerprint density at radius 1 is 0.800 bits per heavy atom. The van der Waals surface area contributed by atoms with Gasteiger partial charge in [0.2, 0.25) is 0 Å². The first kappa shape index (κ1) is 13.5. The second-order valence-corrected chi connectivity index (χ2v) is 4.15. The molecule has 0 saturated heterocycles. The van der Waals surface area contributed by atoms with Gasteiger partial charge in [-0.2, -0.15) is 0 Å². The Hall–Kier alpha value is -2.88. The lowest BCUT2D eigenvalue weighted by Crippen LogP contribution is -1.98. The number of carboxylic acids is 2. The molecule has 4 nitrogen and oxygen atoms in total. The van der Waals surface area contributed by atoms with Crippen LogP contribution in [0.15, 0.2) is 48.5 Å². The van der Waals surface area contributed by atoms with E-state index in [1.807, 2.05) is 0 Å². The Morgan fingerprint density at radius 2 is 1.45 bits per heavy atom. The zero-order chi connectivity index (χ0) is 14.5. The molecule has 100 valence electrons. The normalized spacial score (nSPS) is 10.6. The average molecular weight is 268 g/mol. The molecule has 0 saturated carbocycles. The molecule has 4 heteroatoms. The fourth-order valence-electron chi connectivity index (χ4n) is 1.76. The molecule has 0 aliphatic heterocycles. The molecular weight excluding hydrogens is 256 g/mol. The lowest BCUT2D eigenvalue weighted by atomic mass is 10.1. The maximum atomic E-state index is 11.1. The highest BCUT2D eigenvalue weighted by atomic mass is 16.4. The van der Waals surface area contributed by atoms with E-state index >= 15 is 0 Å². The molecule has 2 aromatic carbocycles. The lowest BCUT2D eigenvalue weighted by Gasteiger charge is -2.00. The van der Waals surface area contributed by atoms with Crippen LogP contribution in [0, 0.1) is 0 Å². The first-order valence-electron chi connectivity index (χ1n) is 5.91. The summed E-state index contributed by atoms with van der Waals surface area (Å²) >= 11 is 0. The van der Waals surface area contributed by atoms with Gasteiger partial charge in [-0.15, -0.1) is 0 Å². The Labute approximate surface area is 115 Å². The molecule has 0 heterocycles. The molecule has 0 bridgehead atoms. The van der Waals surface area contributed by atoms with Crippen LogP contribution < -0.4 is 0 Å². The highest BCUT2D eigenvalue weighted by Crippen LogP contribution is 2.14. The molecule has 0 radical (unpaired) electrons. The summed E-state index contributed by atoms with van der Waals surface area (Å²) in [6.07, 6.45) is 3.44. The van der Waals surface area contributed by atoms with Gasteiger partial charge < -0.3 is 10.2 Å². The Kier molecular flexibility index (Phi) is 3.96. The summed E-state index contributed by atoms with van der Waals surface area (Å²) in [5.74, 6) is -1.96. The van der Waals surface area contributed by atoms with E-state index in [0.717, 1.165) is 5.56 Å². The summed E-state index contributed by atoms with van der Waals surface area (Å²) in [6.45, 7) is 0. The van der Waals surface area contributed by atoms with Crippen LogP contribution in [0.1, 0.15) is 31.8 Å². The predicted molar refractivity (Wildman–Crippen MR) is 75.7 cm³/mol. The quantitative estimate of drug-likeness (QED) is 0.835. The van der Waals surface area contributed by atoms with Crippen molar-refractivity contribution in [3.05, 3.63) is 70.8 Å². The summed E-state index contributed by atoms with van der Waals surface area (Å²) < 4.78 is 0. The maximum absolute atomic E-state index is 11.1. The molecule has 2 rings (SSSR count). The van der Waals surface area contributed by atoms with Crippen LogP contribution in [0.25, 0.3) is 12.2 Å². The smallest absolute Gasteiger partial charge is 0.336 e. The third-order valence-corrected chi connectivity index (χ3v) is 2.80. The standard InChI is InChI=1S/C16H12O4/c17-15(18)13-9-6-11(7-10-13)5-8-12-3-1-2-4-14(12)16(19)20/h1-10H,(H,17,18)(H,19,20)/b8-5+. The first-order valence-corrected chi connectivity index (χ1v) is 5.91. The fraction of sp³-hybridized carbons (Fsp3) is 0. The van der Waals surface area contributed by atoms with Crippen molar-refractivity contribution >= 4 is 24.1 Å². The molecule has 0 spiro atoms. The summed E-state index contributed by atoms with van der Waals surface area (Å²) in [5, 5.41) is 17.9. The topological polar surface area (TPSA) is 74.6 Å². The van der Waals surface area contributed by atoms with Gasteiger partial charge in [0, 0.05) is 0 Å². The summed E-state index contributed by atoms with van der Waals surface area (Å²) in [4.78, 5) is 21.8. The molecular formula is C16H12O4. The van der Waals surface area contributed by atoms with Crippen molar-refractivity contribution in [3.8, 4) is 0 Å². The van der Waals surface area contributed by atoms with Gasteiger partial charge in [-0.25, -0.2) is 9.59 Å². The van der Waals surface area contributed by atoms with Crippen LogP contribution in [0.5, 0.6) is 0 Å². The second kappa shape index (κ2) is 5.84. The van der Waals surface area contributed by atoms with E-state index < -0.39 is 11.9 Å². The van der Waals surface area contributed by atoms with Crippen molar-refractivity contribution in [1.82, 2.24) is 0 Å². The number of hydrogen-bond donors (Lipinski definition) is 2. The molecule has 0 aromatic heterocycles. The minimum atomic E-state index is -0.980. The zero-order valence-electron chi connectivity index (χ0n) is 10.5. The molecule has 0 fully saturated rings. The van der Waals surface area contributed by atoms with Gasteiger partial charge in [0.25, 0.3) is 0 Å². The van der Waals surface area contributed by atoms with Crippen molar-refractivity contribution in [2.45, 2.75) is 0 Å². The highest BCUT2D eigenvalue weighted by Gasteiger charge is 2.06. The lowest BCUT2D eigenvalue weighted by molar-refractivity contribution is 0.0686. The number of carboxylic acid groups (broad SMARTS) is 2. The van der Waals surface area contributed by atoms with Gasteiger partial charge in [-0.1, -0.05) is 42.5 Å². The molecule has 0 aliphatic carbocycles. The van der Waals surface area contributed by atoms with E-state index in [1.165, 1.54) is 18.2 Å². The summed E-state index contributed by atoms with van der Waals surface area (Å²) in [7, 11) is 0. The van der Waals surface area contributed by atoms with Crippen molar-refractivity contribution in [2.75, 3.05) is 0 Å². The molecule has 2 N–H and O–H groups in total. The van der Waals surface area contributed by atoms with E-state index in [-0.39, 0.29) is 11.1 Å². The van der Waals surface area contributed by atoms with Crippen molar-refractivity contribution in [2.24, 2.45) is 0 Å². The highest BCUT2D eigenvalue weighted by molar-refractivity contribution is 5.93. The number of aromatic carboxylic acids is 2. The van der Waals surface area contributed by atoms with Gasteiger partial charge in [0.1, 0.15) is 0 Å². The van der Waals surface area contributed by atoms with Crippen LogP contribution in [0.4, 0.5) is 0 Å². The molecule has 20 heavy (non-hydrogen) atoms. The van der Waals surface area contributed by atoms with Gasteiger partial charge in [0.15, 0.2) is 0 Å². The van der Waals surface area contributed by atoms with E-state index in [9.17, 15) is 9.59 Å². The Balaban J connectivity index is 2.25. The molecule has 0 unspecified atom stereocenters. The molecule has 2 aromatic rings. The third-order valence-electron chi connectivity index (χ3n) is 2.80. The fourth-order valence-corrected chi connectivity index (χ4v) is 1.76. The van der Waals surface area contributed by atoms with E-state index in [2.05, 4.69) is 0 Å². The van der Waals surface area contributed by atoms with Crippen molar-refractivity contribution < 1.29 is 19.8 Å². The van der Waals surface area contributed by atoms with Gasteiger partial charge >= 0.3 is 11.9 Å². The Bertz CT molecular complexity index is 669. The van der Waals surface area contributed by atoms with Crippen LogP contribution in [0.3, 0.4) is 0 Å². The van der Waals surface area contributed by atoms with Gasteiger partial charge in [-0.3, -0.25) is 0 Å². The minimum absolute atomic E-state index is 0.216. The van der Waals surface area contributed by atoms with E-state index in [0.29, 0.717) is 5.56 Å². The van der Waals surface area contributed by atoms with E-state index in [4.69, 9.17) is 10.2 Å². The second-order valence-electron chi connectivity index (χ2n) is 4.15. The van der Waals surface area contributed by atoms with Gasteiger partial charge in [0.05, 0.1) is 11.1 Å². The SMILES string of the molecule is O=C(O)c1ccc(/C=C/c2ccccc2C(=O)O)cc1. The number of hydrogen-bond acceptors (Lipinski definition) is 2. The number of rotatable bonds is 4. The predicted octanol–water partition coefficient (Wildman–Crippen LogP) is 3.25. The number of benzene rings is 2. The monoisotopic (exact) mass is 268 g/mol. The van der Waals surface area contributed by atoms with Crippen LogP contribution >= 0.6 is 0 Å². The summed E-state index contributed by atoms with van der Waals surface area (Å²) in [5.41, 5.74) is 1.84. The maximum Gasteiger partial charge on any atom is 0.336 e. The van der Waals surface area contributed by atoms with Crippen LogP contribution in [-0.4, -0.2) is 22.2 Å². The third kappa shape index (κ3) is 3.11. The Morgan fingerprint density at radius 3 is 2.05 bits per heavy atom. The van der Waals surface area contributed by atoms with Crippen LogP contribution in [-0.2, 0) is 0 Å². The molecule has 0 atom stereocenters. The van der Waals surface area contributed by atoms with E-state index in [1.54, 1.807) is 42.5 Å².